The SMILES string of the molecule is CC(=O)c1ccc(Nc2ccc(C(=O)NCc3ccncc3)nc2)cc1. The van der Waals surface area contributed by atoms with Crippen LogP contribution in [0.1, 0.15) is 33.3 Å². The third-order valence-corrected chi connectivity index (χ3v) is 3.78. The molecule has 0 spiro atoms. The molecule has 0 aliphatic carbocycles. The third kappa shape index (κ3) is 4.51. The number of pyridine rings is 2. The molecule has 0 unspecified atom stereocenters. The van der Waals surface area contributed by atoms with Crippen molar-refractivity contribution in [3.8, 4) is 0 Å². The molecule has 0 saturated carbocycles. The second-order valence-corrected chi connectivity index (χ2v) is 5.73. The molecular formula is C20H18N4O2. The van der Waals surface area contributed by atoms with Crippen LogP contribution in [0.2, 0.25) is 0 Å². The Bertz CT molecular complexity index is 891. The highest BCUT2D eigenvalue weighted by Gasteiger charge is 2.07. The first-order valence-corrected chi connectivity index (χ1v) is 8.13. The van der Waals surface area contributed by atoms with Gasteiger partial charge in [0.05, 0.1) is 11.9 Å². The van der Waals surface area contributed by atoms with E-state index in [0.717, 1.165) is 16.9 Å². The van der Waals surface area contributed by atoms with E-state index in [2.05, 4.69) is 20.6 Å². The molecule has 3 rings (SSSR count). The largest absolute Gasteiger partial charge is 0.354 e. The van der Waals surface area contributed by atoms with Crippen molar-refractivity contribution in [1.82, 2.24) is 15.3 Å². The number of benzene rings is 1. The Hall–Kier alpha value is -3.54. The van der Waals surface area contributed by atoms with E-state index in [1.54, 1.807) is 42.9 Å². The highest BCUT2D eigenvalue weighted by Crippen LogP contribution is 2.17. The quantitative estimate of drug-likeness (QED) is 0.669. The van der Waals surface area contributed by atoms with E-state index in [-0.39, 0.29) is 11.7 Å². The summed E-state index contributed by atoms with van der Waals surface area (Å²) in [6.45, 7) is 1.95. The number of ketones is 1. The number of aromatic nitrogens is 2. The maximum absolute atomic E-state index is 12.1. The van der Waals surface area contributed by atoms with Gasteiger partial charge in [-0.2, -0.15) is 0 Å². The van der Waals surface area contributed by atoms with Crippen LogP contribution in [0.3, 0.4) is 0 Å². The summed E-state index contributed by atoms with van der Waals surface area (Å²) in [6.07, 6.45) is 4.96. The molecule has 1 amide bonds. The van der Waals surface area contributed by atoms with Crippen LogP contribution < -0.4 is 10.6 Å². The van der Waals surface area contributed by atoms with E-state index in [0.29, 0.717) is 17.8 Å². The molecule has 130 valence electrons. The van der Waals surface area contributed by atoms with Gasteiger partial charge in [0.15, 0.2) is 5.78 Å². The lowest BCUT2D eigenvalue weighted by Gasteiger charge is -2.08. The molecule has 2 N–H and O–H groups in total. The maximum atomic E-state index is 12.1. The summed E-state index contributed by atoms with van der Waals surface area (Å²) >= 11 is 0. The highest BCUT2D eigenvalue weighted by molar-refractivity contribution is 5.94. The lowest BCUT2D eigenvalue weighted by molar-refractivity contribution is 0.0945. The third-order valence-electron chi connectivity index (χ3n) is 3.78. The molecule has 3 aromatic rings. The first-order chi connectivity index (χ1) is 12.6. The zero-order chi connectivity index (χ0) is 18.4. The minimum atomic E-state index is -0.237. The summed E-state index contributed by atoms with van der Waals surface area (Å²) < 4.78 is 0. The molecule has 6 heteroatoms. The van der Waals surface area contributed by atoms with E-state index in [4.69, 9.17) is 0 Å². The molecule has 0 radical (unpaired) electrons. The zero-order valence-corrected chi connectivity index (χ0v) is 14.3. The van der Waals surface area contributed by atoms with Crippen LogP contribution in [0.5, 0.6) is 0 Å². The van der Waals surface area contributed by atoms with Crippen molar-refractivity contribution in [2.45, 2.75) is 13.5 Å². The fraction of sp³-hybridized carbons (Fsp3) is 0.100. The fourth-order valence-corrected chi connectivity index (χ4v) is 2.33. The number of nitrogens with zero attached hydrogens (tertiary/aromatic N) is 2. The molecule has 0 bridgehead atoms. The van der Waals surface area contributed by atoms with E-state index >= 15 is 0 Å². The van der Waals surface area contributed by atoms with Crippen molar-refractivity contribution < 1.29 is 9.59 Å². The normalized spacial score (nSPS) is 10.2. The summed E-state index contributed by atoms with van der Waals surface area (Å²) in [5.41, 5.74) is 3.57. The van der Waals surface area contributed by atoms with Gasteiger partial charge in [-0.25, -0.2) is 4.98 Å². The van der Waals surface area contributed by atoms with Crippen molar-refractivity contribution in [1.29, 1.82) is 0 Å². The highest BCUT2D eigenvalue weighted by atomic mass is 16.1. The number of carbonyl (C=O) groups is 2. The van der Waals surface area contributed by atoms with Gasteiger partial charge in [-0.15, -0.1) is 0 Å². The van der Waals surface area contributed by atoms with Gasteiger partial charge in [0.2, 0.25) is 0 Å². The average molecular weight is 346 g/mol. The van der Waals surface area contributed by atoms with Gasteiger partial charge in [0.25, 0.3) is 5.91 Å². The molecule has 0 saturated heterocycles. The number of Topliss-reactive ketones (excluding diaryl/α,β-unsaturated/α-hetero) is 1. The summed E-state index contributed by atoms with van der Waals surface area (Å²) in [6, 6.07) is 14.3. The number of hydrogen-bond donors (Lipinski definition) is 2. The molecule has 0 fully saturated rings. The lowest BCUT2D eigenvalue weighted by atomic mass is 10.1. The van der Waals surface area contributed by atoms with E-state index in [9.17, 15) is 9.59 Å². The van der Waals surface area contributed by atoms with E-state index in [1.807, 2.05) is 24.3 Å². The van der Waals surface area contributed by atoms with Crippen molar-refractivity contribution in [2.75, 3.05) is 5.32 Å². The van der Waals surface area contributed by atoms with Gasteiger partial charge in [0, 0.05) is 30.2 Å². The predicted octanol–water partition coefficient (Wildman–Crippen LogP) is 3.35. The number of hydrogen-bond acceptors (Lipinski definition) is 5. The van der Waals surface area contributed by atoms with Crippen LogP contribution in [0.15, 0.2) is 67.1 Å². The first kappa shape index (κ1) is 17.3. The zero-order valence-electron chi connectivity index (χ0n) is 14.3. The van der Waals surface area contributed by atoms with Crippen molar-refractivity contribution in [3.63, 3.8) is 0 Å². The molecule has 0 atom stereocenters. The molecular weight excluding hydrogens is 328 g/mol. The summed E-state index contributed by atoms with van der Waals surface area (Å²) in [5.74, 6) is -0.209. The Morgan fingerprint density at radius 3 is 2.23 bits per heavy atom. The summed E-state index contributed by atoms with van der Waals surface area (Å²) in [7, 11) is 0. The number of carbonyl (C=O) groups excluding carboxylic acids is 2. The Morgan fingerprint density at radius 1 is 0.923 bits per heavy atom. The van der Waals surface area contributed by atoms with Gasteiger partial charge in [-0.3, -0.25) is 14.6 Å². The maximum Gasteiger partial charge on any atom is 0.270 e. The second-order valence-electron chi connectivity index (χ2n) is 5.73. The Kier molecular flexibility index (Phi) is 5.34. The summed E-state index contributed by atoms with van der Waals surface area (Å²) in [4.78, 5) is 31.6. The first-order valence-electron chi connectivity index (χ1n) is 8.13. The van der Waals surface area contributed by atoms with Crippen LogP contribution in [-0.4, -0.2) is 21.7 Å². The van der Waals surface area contributed by atoms with Crippen LogP contribution in [0.4, 0.5) is 11.4 Å². The Balaban J connectivity index is 1.59. The van der Waals surface area contributed by atoms with E-state index in [1.165, 1.54) is 6.92 Å². The molecule has 2 aromatic heterocycles. The van der Waals surface area contributed by atoms with Crippen LogP contribution in [0.25, 0.3) is 0 Å². The van der Waals surface area contributed by atoms with Gasteiger partial charge >= 0.3 is 0 Å². The van der Waals surface area contributed by atoms with Gasteiger partial charge in [0.1, 0.15) is 5.69 Å². The van der Waals surface area contributed by atoms with Gasteiger partial charge < -0.3 is 10.6 Å². The van der Waals surface area contributed by atoms with Crippen LogP contribution in [-0.2, 0) is 6.54 Å². The molecule has 26 heavy (non-hydrogen) atoms. The summed E-state index contributed by atoms with van der Waals surface area (Å²) in [5, 5.41) is 6.00. The molecule has 1 aromatic carbocycles. The van der Waals surface area contributed by atoms with Gasteiger partial charge in [-0.1, -0.05) is 0 Å². The smallest absolute Gasteiger partial charge is 0.270 e. The molecule has 2 heterocycles. The Morgan fingerprint density at radius 2 is 1.62 bits per heavy atom. The molecule has 6 nitrogen and oxygen atoms in total. The molecule has 0 aliphatic heterocycles. The average Bonchev–Trinajstić information content (AvgIpc) is 2.68. The minimum absolute atomic E-state index is 0.0281. The number of amides is 1. The Labute approximate surface area is 151 Å². The fourth-order valence-electron chi connectivity index (χ4n) is 2.33. The standard InChI is InChI=1S/C20H18N4O2/c1-14(25)16-2-4-17(5-3-16)24-18-6-7-19(22-13-18)20(26)23-12-15-8-10-21-11-9-15/h2-11,13,24H,12H2,1H3,(H,23,26). The second kappa shape index (κ2) is 8.02. The topological polar surface area (TPSA) is 84.0 Å². The number of nitrogens with one attached hydrogen (secondary N) is 2. The lowest BCUT2D eigenvalue weighted by Crippen LogP contribution is -2.23. The molecule has 0 aliphatic rings. The minimum Gasteiger partial charge on any atom is -0.354 e. The number of rotatable bonds is 6. The number of anilines is 2. The predicted molar refractivity (Wildman–Crippen MR) is 99.4 cm³/mol. The monoisotopic (exact) mass is 346 g/mol. The van der Waals surface area contributed by atoms with Crippen LogP contribution >= 0.6 is 0 Å². The van der Waals surface area contributed by atoms with E-state index < -0.39 is 0 Å². The van der Waals surface area contributed by atoms with Crippen molar-refractivity contribution in [2.24, 2.45) is 0 Å². The van der Waals surface area contributed by atoms with Crippen molar-refractivity contribution >= 4 is 23.1 Å². The van der Waals surface area contributed by atoms with Gasteiger partial charge in [-0.05, 0) is 61.0 Å². The van der Waals surface area contributed by atoms with Crippen molar-refractivity contribution in [3.05, 3.63) is 83.9 Å². The van der Waals surface area contributed by atoms with Crippen LogP contribution in [0, 0.1) is 0 Å².